The van der Waals surface area contributed by atoms with Crippen LogP contribution in [0.2, 0.25) is 0 Å². The molecule has 1 aliphatic heterocycles. The molecule has 7 nitrogen and oxygen atoms in total. The van der Waals surface area contributed by atoms with E-state index in [1.54, 1.807) is 17.5 Å². The number of aryl methyl sites for hydroxylation is 1. The first-order valence-electron chi connectivity index (χ1n) is 9.13. The number of carbonyl (C=O) groups is 1. The monoisotopic (exact) mass is 393 g/mol. The van der Waals surface area contributed by atoms with Crippen LogP contribution in [-0.4, -0.2) is 31.7 Å². The Morgan fingerprint density at radius 3 is 3.14 bits per heavy atom. The first kappa shape index (κ1) is 17.0. The lowest BCUT2D eigenvalue weighted by molar-refractivity contribution is -0.121. The minimum atomic E-state index is -0.0758. The van der Waals surface area contributed by atoms with Crippen LogP contribution in [-0.2, 0) is 18.3 Å². The second-order valence-electron chi connectivity index (χ2n) is 6.85. The molecule has 1 aliphatic rings. The molecule has 1 aromatic carbocycles. The van der Waals surface area contributed by atoms with Crippen LogP contribution < -0.4 is 10.1 Å². The zero-order valence-electron chi connectivity index (χ0n) is 15.3. The number of fused-ring (bicyclic) bond motifs is 2. The summed E-state index contributed by atoms with van der Waals surface area (Å²) in [6.45, 7) is 0.587. The van der Waals surface area contributed by atoms with Gasteiger partial charge in [-0.25, -0.2) is 4.98 Å². The molecule has 1 N–H and O–H groups in total. The second kappa shape index (κ2) is 6.79. The van der Waals surface area contributed by atoms with Crippen molar-refractivity contribution in [2.24, 2.45) is 7.05 Å². The fourth-order valence-electron chi connectivity index (χ4n) is 3.63. The molecular weight excluding hydrogens is 374 g/mol. The number of nitrogens with one attached hydrogen (secondary N) is 1. The van der Waals surface area contributed by atoms with Crippen LogP contribution in [0.15, 0.2) is 48.2 Å². The Morgan fingerprint density at radius 2 is 2.32 bits per heavy atom. The number of amides is 1. The standard InChI is InChI=1S/C20H19N5O2S/c1-24-17(4-6-21-24)13-2-3-18-15(10-13)16(5-8-27-18)23-19(26)11-14-12-25-7-9-28-20(25)22-14/h2-4,6-7,9-10,12,16H,5,8,11H2,1H3,(H,23,26). The van der Waals surface area contributed by atoms with Crippen molar-refractivity contribution < 1.29 is 9.53 Å². The molecule has 8 heteroatoms. The van der Waals surface area contributed by atoms with E-state index in [1.165, 1.54) is 0 Å². The number of carbonyl (C=O) groups excluding carboxylic acids is 1. The van der Waals surface area contributed by atoms with Gasteiger partial charge in [-0.15, -0.1) is 11.3 Å². The lowest BCUT2D eigenvalue weighted by Gasteiger charge is -2.27. The van der Waals surface area contributed by atoms with Gasteiger partial charge in [-0.1, -0.05) is 0 Å². The predicted molar refractivity (Wildman–Crippen MR) is 106 cm³/mol. The first-order chi connectivity index (χ1) is 13.7. The maximum absolute atomic E-state index is 12.6. The molecule has 0 fully saturated rings. The number of rotatable bonds is 4. The zero-order chi connectivity index (χ0) is 19.1. The third kappa shape index (κ3) is 3.05. The second-order valence-corrected chi connectivity index (χ2v) is 7.72. The molecule has 0 saturated carbocycles. The number of benzene rings is 1. The van der Waals surface area contributed by atoms with Crippen LogP contribution in [0.4, 0.5) is 0 Å². The molecule has 0 aliphatic carbocycles. The Bertz CT molecular complexity index is 1130. The number of ether oxygens (including phenoxy) is 1. The lowest BCUT2D eigenvalue weighted by Crippen LogP contribution is -2.33. The highest BCUT2D eigenvalue weighted by atomic mass is 32.1. The minimum Gasteiger partial charge on any atom is -0.493 e. The molecule has 4 aromatic rings. The summed E-state index contributed by atoms with van der Waals surface area (Å²) in [7, 11) is 1.92. The molecule has 28 heavy (non-hydrogen) atoms. The van der Waals surface area contributed by atoms with Gasteiger partial charge in [-0.2, -0.15) is 5.10 Å². The maximum Gasteiger partial charge on any atom is 0.226 e. The van der Waals surface area contributed by atoms with Gasteiger partial charge in [-0.3, -0.25) is 13.9 Å². The largest absolute Gasteiger partial charge is 0.493 e. The smallest absolute Gasteiger partial charge is 0.226 e. The van der Waals surface area contributed by atoms with Crippen LogP contribution in [0.25, 0.3) is 16.2 Å². The van der Waals surface area contributed by atoms with Crippen LogP contribution in [0.3, 0.4) is 0 Å². The minimum absolute atomic E-state index is 0.0328. The van der Waals surface area contributed by atoms with E-state index in [4.69, 9.17) is 4.74 Å². The highest BCUT2D eigenvalue weighted by Crippen LogP contribution is 2.35. The van der Waals surface area contributed by atoms with Crippen LogP contribution in [0.1, 0.15) is 23.7 Å². The summed E-state index contributed by atoms with van der Waals surface area (Å²) in [4.78, 5) is 18.0. The molecule has 0 saturated heterocycles. The van der Waals surface area contributed by atoms with Crippen molar-refractivity contribution in [2.75, 3.05) is 6.61 Å². The molecule has 3 aromatic heterocycles. The molecule has 0 radical (unpaired) electrons. The SMILES string of the molecule is Cn1nccc1-c1ccc2c(c1)C(NC(=O)Cc1cn3ccsc3n1)CCO2. The fourth-order valence-corrected chi connectivity index (χ4v) is 4.35. The van der Waals surface area contributed by atoms with E-state index in [2.05, 4.69) is 21.5 Å². The molecule has 1 amide bonds. The number of hydrogen-bond donors (Lipinski definition) is 1. The van der Waals surface area contributed by atoms with Crippen LogP contribution in [0, 0.1) is 0 Å². The molecule has 1 atom stereocenters. The summed E-state index contributed by atoms with van der Waals surface area (Å²) in [5, 5.41) is 9.38. The van der Waals surface area contributed by atoms with E-state index in [9.17, 15) is 4.79 Å². The van der Waals surface area contributed by atoms with Gasteiger partial charge >= 0.3 is 0 Å². The van der Waals surface area contributed by atoms with E-state index >= 15 is 0 Å². The van der Waals surface area contributed by atoms with Gasteiger partial charge in [0.25, 0.3) is 0 Å². The molecule has 5 rings (SSSR count). The maximum atomic E-state index is 12.6. The van der Waals surface area contributed by atoms with E-state index in [0.717, 1.165) is 39.6 Å². The fraction of sp³-hybridized carbons (Fsp3) is 0.250. The summed E-state index contributed by atoms with van der Waals surface area (Å²) in [5.74, 6) is 0.791. The van der Waals surface area contributed by atoms with Crippen molar-refractivity contribution >= 4 is 22.2 Å². The van der Waals surface area contributed by atoms with Gasteiger partial charge in [0.2, 0.25) is 5.91 Å². The third-order valence-corrected chi connectivity index (χ3v) is 5.76. The van der Waals surface area contributed by atoms with Crippen molar-refractivity contribution in [3.05, 3.63) is 59.5 Å². The van der Waals surface area contributed by atoms with Gasteiger partial charge in [0.05, 0.1) is 30.5 Å². The van der Waals surface area contributed by atoms with Crippen molar-refractivity contribution in [1.82, 2.24) is 24.5 Å². The molecular formula is C20H19N5O2S. The quantitative estimate of drug-likeness (QED) is 0.579. The Hall–Kier alpha value is -3.13. The molecule has 142 valence electrons. The van der Waals surface area contributed by atoms with Gasteiger partial charge in [-0.05, 0) is 24.3 Å². The summed E-state index contributed by atoms with van der Waals surface area (Å²) in [5.41, 5.74) is 3.86. The highest BCUT2D eigenvalue weighted by molar-refractivity contribution is 7.15. The Kier molecular flexibility index (Phi) is 4.12. The Morgan fingerprint density at radius 1 is 1.39 bits per heavy atom. The topological polar surface area (TPSA) is 73.5 Å². The number of nitrogens with zero attached hydrogens (tertiary/aromatic N) is 4. The Balaban J connectivity index is 1.37. The van der Waals surface area contributed by atoms with Crippen molar-refractivity contribution in [3.8, 4) is 17.0 Å². The van der Waals surface area contributed by atoms with E-state index in [1.807, 2.05) is 52.1 Å². The first-order valence-corrected chi connectivity index (χ1v) is 10.0. The number of thiazole rings is 1. The molecule has 0 spiro atoms. The Labute approximate surface area is 165 Å². The number of hydrogen-bond acceptors (Lipinski definition) is 5. The van der Waals surface area contributed by atoms with E-state index in [0.29, 0.717) is 6.61 Å². The average Bonchev–Trinajstić information content (AvgIpc) is 3.38. The normalized spacial score (nSPS) is 16.0. The van der Waals surface area contributed by atoms with E-state index in [-0.39, 0.29) is 18.4 Å². The van der Waals surface area contributed by atoms with Gasteiger partial charge in [0.1, 0.15) is 5.75 Å². The molecule has 0 bridgehead atoms. The molecule has 1 unspecified atom stereocenters. The lowest BCUT2D eigenvalue weighted by atomic mass is 9.97. The number of imidazole rings is 1. The molecule has 4 heterocycles. The summed E-state index contributed by atoms with van der Waals surface area (Å²) < 4.78 is 9.58. The van der Waals surface area contributed by atoms with Crippen molar-refractivity contribution in [2.45, 2.75) is 18.9 Å². The summed E-state index contributed by atoms with van der Waals surface area (Å²) in [6.07, 6.45) is 6.64. The number of aromatic nitrogens is 4. The third-order valence-electron chi connectivity index (χ3n) is 4.99. The van der Waals surface area contributed by atoms with Gasteiger partial charge in [0, 0.05) is 48.6 Å². The van der Waals surface area contributed by atoms with E-state index < -0.39 is 0 Å². The van der Waals surface area contributed by atoms with Crippen molar-refractivity contribution in [1.29, 1.82) is 0 Å². The van der Waals surface area contributed by atoms with Crippen molar-refractivity contribution in [3.63, 3.8) is 0 Å². The van der Waals surface area contributed by atoms with Gasteiger partial charge < -0.3 is 10.1 Å². The highest BCUT2D eigenvalue weighted by Gasteiger charge is 2.24. The zero-order valence-corrected chi connectivity index (χ0v) is 16.1. The average molecular weight is 393 g/mol. The van der Waals surface area contributed by atoms with Crippen LogP contribution in [0.5, 0.6) is 5.75 Å². The van der Waals surface area contributed by atoms with Gasteiger partial charge in [0.15, 0.2) is 4.96 Å². The van der Waals surface area contributed by atoms with Crippen LogP contribution >= 0.6 is 11.3 Å². The summed E-state index contributed by atoms with van der Waals surface area (Å²) >= 11 is 1.56. The summed E-state index contributed by atoms with van der Waals surface area (Å²) in [6, 6.07) is 7.98. The predicted octanol–water partition coefficient (Wildman–Crippen LogP) is 2.98.